The van der Waals surface area contributed by atoms with Crippen molar-refractivity contribution < 1.29 is 19.5 Å². The molecule has 170 valence electrons. The van der Waals surface area contributed by atoms with Crippen molar-refractivity contribution in [1.82, 2.24) is 5.32 Å². The zero-order valence-corrected chi connectivity index (χ0v) is 18.8. The molecular formula is C23H44N2O4. The number of aldehydes is 1. The lowest BCUT2D eigenvalue weighted by atomic mass is 9.93. The van der Waals surface area contributed by atoms with Gasteiger partial charge in [0.1, 0.15) is 6.29 Å². The fourth-order valence-corrected chi connectivity index (χ4v) is 3.58. The van der Waals surface area contributed by atoms with Crippen LogP contribution in [0.4, 0.5) is 0 Å². The van der Waals surface area contributed by atoms with Gasteiger partial charge in [0, 0.05) is 0 Å². The van der Waals surface area contributed by atoms with Crippen LogP contribution in [0.25, 0.3) is 0 Å². The highest BCUT2D eigenvalue weighted by Gasteiger charge is 2.25. The van der Waals surface area contributed by atoms with Crippen molar-refractivity contribution in [2.75, 3.05) is 0 Å². The molecule has 0 aliphatic carbocycles. The average Bonchev–Trinajstić information content (AvgIpc) is 2.66. The zero-order chi connectivity index (χ0) is 22.1. The predicted octanol–water partition coefficient (Wildman–Crippen LogP) is 4.45. The number of carboxylic acids is 1. The second kappa shape index (κ2) is 17.4. The maximum absolute atomic E-state index is 12.1. The van der Waals surface area contributed by atoms with Crippen LogP contribution < -0.4 is 11.1 Å². The predicted molar refractivity (Wildman–Crippen MR) is 118 cm³/mol. The number of carboxylic acid groups (broad SMARTS) is 1. The third kappa shape index (κ3) is 15.1. The van der Waals surface area contributed by atoms with E-state index < -0.39 is 24.0 Å². The highest BCUT2D eigenvalue weighted by molar-refractivity contribution is 5.84. The molecule has 29 heavy (non-hydrogen) atoms. The highest BCUT2D eigenvalue weighted by atomic mass is 16.4. The molecule has 1 amide bonds. The molecule has 0 spiro atoms. The van der Waals surface area contributed by atoms with Crippen LogP contribution in [0.5, 0.6) is 0 Å². The van der Waals surface area contributed by atoms with Gasteiger partial charge in [-0.25, -0.2) is 0 Å². The van der Waals surface area contributed by atoms with Gasteiger partial charge in [-0.2, -0.15) is 0 Å². The number of hydrogen-bond donors (Lipinski definition) is 3. The smallest absolute Gasteiger partial charge is 0.306 e. The van der Waals surface area contributed by atoms with Crippen LogP contribution in [-0.4, -0.2) is 35.4 Å². The first-order valence-corrected chi connectivity index (χ1v) is 11.6. The van der Waals surface area contributed by atoms with E-state index in [1.54, 1.807) is 0 Å². The molecule has 0 bridgehead atoms. The van der Waals surface area contributed by atoms with Gasteiger partial charge in [0.15, 0.2) is 0 Å². The molecule has 0 fully saturated rings. The fraction of sp³-hybridized carbons (Fsp3) is 0.870. The van der Waals surface area contributed by atoms with Crippen molar-refractivity contribution in [3.63, 3.8) is 0 Å². The average molecular weight is 413 g/mol. The Morgan fingerprint density at radius 2 is 1.45 bits per heavy atom. The van der Waals surface area contributed by atoms with Crippen molar-refractivity contribution in [1.29, 1.82) is 0 Å². The highest BCUT2D eigenvalue weighted by Crippen LogP contribution is 2.18. The summed E-state index contributed by atoms with van der Waals surface area (Å²) in [4.78, 5) is 35.0. The Morgan fingerprint density at radius 3 is 1.90 bits per heavy atom. The van der Waals surface area contributed by atoms with Gasteiger partial charge in [-0.15, -0.1) is 0 Å². The van der Waals surface area contributed by atoms with Gasteiger partial charge < -0.3 is 21.0 Å². The summed E-state index contributed by atoms with van der Waals surface area (Å²) < 4.78 is 0. The van der Waals surface area contributed by atoms with E-state index in [1.165, 1.54) is 44.9 Å². The fourth-order valence-electron chi connectivity index (χ4n) is 3.58. The van der Waals surface area contributed by atoms with Gasteiger partial charge in [0.25, 0.3) is 0 Å². The monoisotopic (exact) mass is 412 g/mol. The number of carbonyl (C=O) groups is 3. The number of rotatable bonds is 19. The Balaban J connectivity index is 4.14. The first-order chi connectivity index (χ1) is 13.8. The standard InChI is InChI=1S/C23H44N2O4/c1-4-5-6-7-8-9-10-11-12-13-14-19(23(28)29)16-20(17-26)25-22(27)21(24)15-18(2)3/h17-21H,4-16,24H2,1-3H3,(H,25,27)(H,28,29)/t19?,20-,21-/m0/s1. The van der Waals surface area contributed by atoms with Crippen molar-refractivity contribution in [2.45, 2.75) is 116 Å². The van der Waals surface area contributed by atoms with Crippen LogP contribution in [0.2, 0.25) is 0 Å². The number of unbranched alkanes of at least 4 members (excludes halogenated alkanes) is 9. The molecule has 0 aromatic heterocycles. The number of amides is 1. The Hall–Kier alpha value is -1.43. The molecule has 0 saturated heterocycles. The summed E-state index contributed by atoms with van der Waals surface area (Å²) in [5.74, 6) is -1.65. The summed E-state index contributed by atoms with van der Waals surface area (Å²) in [6.07, 6.45) is 13.7. The number of nitrogens with one attached hydrogen (secondary N) is 1. The molecule has 1 unspecified atom stereocenters. The van der Waals surface area contributed by atoms with Crippen molar-refractivity contribution in [3.05, 3.63) is 0 Å². The summed E-state index contributed by atoms with van der Waals surface area (Å²) in [5.41, 5.74) is 5.84. The van der Waals surface area contributed by atoms with E-state index >= 15 is 0 Å². The van der Waals surface area contributed by atoms with Gasteiger partial charge in [-0.1, -0.05) is 85.0 Å². The Kier molecular flexibility index (Phi) is 16.6. The SMILES string of the molecule is CCCCCCCCCCCCC(C[C@@H](C=O)NC(=O)[C@@H](N)CC(C)C)C(=O)O. The van der Waals surface area contributed by atoms with E-state index in [9.17, 15) is 19.5 Å². The van der Waals surface area contributed by atoms with E-state index in [0.717, 1.165) is 19.3 Å². The maximum atomic E-state index is 12.1. The quantitative estimate of drug-likeness (QED) is 0.214. The van der Waals surface area contributed by atoms with E-state index in [4.69, 9.17) is 5.73 Å². The van der Waals surface area contributed by atoms with Gasteiger partial charge in [-0.05, 0) is 25.2 Å². The van der Waals surface area contributed by atoms with E-state index in [-0.39, 0.29) is 18.2 Å². The molecule has 0 heterocycles. The second-order valence-corrected chi connectivity index (χ2v) is 8.73. The van der Waals surface area contributed by atoms with Crippen LogP contribution >= 0.6 is 0 Å². The third-order valence-electron chi connectivity index (χ3n) is 5.35. The third-order valence-corrected chi connectivity index (χ3v) is 5.35. The molecule has 0 aliphatic heterocycles. The lowest BCUT2D eigenvalue weighted by Crippen LogP contribution is -2.47. The van der Waals surface area contributed by atoms with E-state index in [0.29, 0.717) is 19.1 Å². The Bertz CT molecular complexity index is 454. The Morgan fingerprint density at radius 1 is 0.931 bits per heavy atom. The van der Waals surface area contributed by atoms with Gasteiger partial charge in [-0.3, -0.25) is 9.59 Å². The first-order valence-electron chi connectivity index (χ1n) is 11.6. The number of nitrogens with two attached hydrogens (primary N) is 1. The molecule has 0 aromatic carbocycles. The minimum atomic E-state index is -0.909. The Labute approximate surface area is 177 Å². The van der Waals surface area contributed by atoms with Crippen LogP contribution in [0.1, 0.15) is 104 Å². The molecule has 6 heteroatoms. The first kappa shape index (κ1) is 27.6. The topological polar surface area (TPSA) is 109 Å². The van der Waals surface area contributed by atoms with Crippen LogP contribution in [0.3, 0.4) is 0 Å². The van der Waals surface area contributed by atoms with Crippen LogP contribution in [0.15, 0.2) is 0 Å². The number of carbonyl (C=O) groups excluding carboxylic acids is 2. The minimum Gasteiger partial charge on any atom is -0.481 e. The van der Waals surface area contributed by atoms with Gasteiger partial charge >= 0.3 is 5.97 Å². The molecule has 0 aromatic rings. The zero-order valence-electron chi connectivity index (χ0n) is 18.8. The van der Waals surface area contributed by atoms with Gasteiger partial charge in [0.05, 0.1) is 18.0 Å². The lowest BCUT2D eigenvalue weighted by molar-refractivity contribution is -0.142. The van der Waals surface area contributed by atoms with Crippen molar-refractivity contribution >= 4 is 18.2 Å². The molecule has 0 saturated carbocycles. The normalized spacial score (nSPS) is 14.4. The van der Waals surface area contributed by atoms with E-state index in [1.807, 2.05) is 13.8 Å². The molecular weight excluding hydrogens is 368 g/mol. The summed E-state index contributed by atoms with van der Waals surface area (Å²) in [7, 11) is 0. The van der Waals surface area contributed by atoms with Gasteiger partial charge in [0.2, 0.25) is 5.91 Å². The lowest BCUT2D eigenvalue weighted by Gasteiger charge is -2.20. The molecule has 0 rings (SSSR count). The van der Waals surface area contributed by atoms with Crippen molar-refractivity contribution in [2.24, 2.45) is 17.6 Å². The van der Waals surface area contributed by atoms with Crippen LogP contribution in [-0.2, 0) is 14.4 Å². The van der Waals surface area contributed by atoms with Crippen LogP contribution in [0, 0.1) is 11.8 Å². The molecule has 0 radical (unpaired) electrons. The number of hydrogen-bond acceptors (Lipinski definition) is 4. The van der Waals surface area contributed by atoms with E-state index in [2.05, 4.69) is 12.2 Å². The van der Waals surface area contributed by atoms with Crippen molar-refractivity contribution in [3.8, 4) is 0 Å². The summed E-state index contributed by atoms with van der Waals surface area (Å²) in [6.45, 7) is 6.16. The molecule has 3 atom stereocenters. The second-order valence-electron chi connectivity index (χ2n) is 8.73. The number of aliphatic carboxylic acids is 1. The summed E-state index contributed by atoms with van der Waals surface area (Å²) in [5, 5.41) is 12.1. The molecule has 4 N–H and O–H groups in total. The minimum absolute atomic E-state index is 0.121. The summed E-state index contributed by atoms with van der Waals surface area (Å²) >= 11 is 0. The molecule has 6 nitrogen and oxygen atoms in total. The largest absolute Gasteiger partial charge is 0.481 e. The summed E-state index contributed by atoms with van der Waals surface area (Å²) in [6, 6.07) is -1.48. The maximum Gasteiger partial charge on any atom is 0.306 e. The molecule has 0 aliphatic rings.